The van der Waals surface area contributed by atoms with Crippen LogP contribution in [0.15, 0.2) is 77.2 Å². The van der Waals surface area contributed by atoms with Gasteiger partial charge in [-0.25, -0.2) is 4.79 Å². The highest BCUT2D eigenvalue weighted by molar-refractivity contribution is 8.26. The van der Waals surface area contributed by atoms with Crippen LogP contribution in [0.1, 0.15) is 24.1 Å². The van der Waals surface area contributed by atoms with E-state index in [1.54, 1.807) is 36.4 Å². The Morgan fingerprint density at radius 1 is 1.11 bits per heavy atom. The van der Waals surface area contributed by atoms with Crippen LogP contribution in [0.2, 0.25) is 0 Å². The van der Waals surface area contributed by atoms with E-state index >= 15 is 0 Å². The van der Waals surface area contributed by atoms with Gasteiger partial charge in [-0.15, -0.1) is 0 Å². The minimum absolute atomic E-state index is 0.245. The van der Waals surface area contributed by atoms with Gasteiger partial charge in [-0.05, 0) is 29.7 Å². The first kappa shape index (κ1) is 19.1. The molecule has 136 valence electrons. The SMILES string of the molecule is CC(/C=C1\SC(=S)N([C@@H](C(=O)O)c2ccccc2)C1=O)=C\c1ccccc1. The molecule has 1 aliphatic rings. The summed E-state index contributed by atoms with van der Waals surface area (Å²) in [7, 11) is 0. The zero-order chi connectivity index (χ0) is 19.4. The first-order valence-corrected chi connectivity index (χ1v) is 9.48. The van der Waals surface area contributed by atoms with Crippen LogP contribution in [-0.2, 0) is 9.59 Å². The lowest BCUT2D eigenvalue weighted by Gasteiger charge is -2.23. The number of aliphatic carboxylic acids is 1. The zero-order valence-corrected chi connectivity index (χ0v) is 16.2. The van der Waals surface area contributed by atoms with Crippen LogP contribution < -0.4 is 0 Å². The summed E-state index contributed by atoms with van der Waals surface area (Å²) in [6, 6.07) is 17.3. The van der Waals surface area contributed by atoms with Crippen molar-refractivity contribution in [2.75, 3.05) is 0 Å². The zero-order valence-electron chi connectivity index (χ0n) is 14.5. The Labute approximate surface area is 167 Å². The van der Waals surface area contributed by atoms with E-state index in [-0.39, 0.29) is 10.2 Å². The number of carboxylic acid groups (broad SMARTS) is 1. The van der Waals surface area contributed by atoms with Gasteiger partial charge in [0, 0.05) is 0 Å². The summed E-state index contributed by atoms with van der Waals surface area (Å²) in [6.07, 6.45) is 3.70. The van der Waals surface area contributed by atoms with E-state index in [9.17, 15) is 14.7 Å². The lowest BCUT2D eigenvalue weighted by molar-refractivity contribution is -0.145. The second kappa shape index (κ2) is 8.33. The second-order valence-electron chi connectivity index (χ2n) is 6.00. The molecule has 1 atom stereocenters. The van der Waals surface area contributed by atoms with Crippen molar-refractivity contribution >= 4 is 46.3 Å². The van der Waals surface area contributed by atoms with Gasteiger partial charge in [0.1, 0.15) is 4.32 Å². The number of carbonyl (C=O) groups excluding carboxylic acids is 1. The molecule has 1 heterocycles. The van der Waals surface area contributed by atoms with Crippen molar-refractivity contribution in [1.82, 2.24) is 4.90 Å². The third kappa shape index (κ3) is 4.35. The van der Waals surface area contributed by atoms with E-state index in [2.05, 4.69) is 0 Å². The maximum absolute atomic E-state index is 12.9. The molecular weight excluding hydrogens is 378 g/mol. The third-order valence-corrected chi connectivity index (χ3v) is 5.31. The maximum atomic E-state index is 12.9. The van der Waals surface area contributed by atoms with Gasteiger partial charge in [0.25, 0.3) is 5.91 Å². The molecule has 0 saturated carbocycles. The maximum Gasteiger partial charge on any atom is 0.331 e. The largest absolute Gasteiger partial charge is 0.479 e. The summed E-state index contributed by atoms with van der Waals surface area (Å²) in [5.74, 6) is -1.50. The van der Waals surface area contributed by atoms with Gasteiger partial charge >= 0.3 is 5.97 Å². The van der Waals surface area contributed by atoms with Crippen LogP contribution >= 0.6 is 24.0 Å². The van der Waals surface area contributed by atoms with E-state index in [0.29, 0.717) is 10.5 Å². The molecule has 6 heteroatoms. The second-order valence-corrected chi connectivity index (χ2v) is 7.68. The topological polar surface area (TPSA) is 57.6 Å². The molecule has 4 nitrogen and oxygen atoms in total. The molecule has 27 heavy (non-hydrogen) atoms. The number of carboxylic acids is 1. The van der Waals surface area contributed by atoms with E-state index in [1.807, 2.05) is 43.3 Å². The Balaban J connectivity index is 1.90. The quantitative estimate of drug-likeness (QED) is 0.589. The number of thiocarbonyl (C=S) groups is 1. The molecule has 2 aromatic rings. The minimum atomic E-state index is -1.14. The van der Waals surface area contributed by atoms with Crippen molar-refractivity contribution in [2.45, 2.75) is 13.0 Å². The van der Waals surface area contributed by atoms with Gasteiger partial charge in [0.05, 0.1) is 4.91 Å². The van der Waals surface area contributed by atoms with Crippen LogP contribution in [0.5, 0.6) is 0 Å². The number of amides is 1. The van der Waals surface area contributed by atoms with Gasteiger partial charge in [-0.1, -0.05) is 90.7 Å². The molecule has 1 aliphatic heterocycles. The number of nitrogens with zero attached hydrogens (tertiary/aromatic N) is 1. The fourth-order valence-corrected chi connectivity index (χ4v) is 4.16. The van der Waals surface area contributed by atoms with E-state index in [4.69, 9.17) is 12.2 Å². The molecule has 1 saturated heterocycles. The number of benzene rings is 2. The van der Waals surface area contributed by atoms with E-state index in [1.165, 1.54) is 4.90 Å². The smallest absolute Gasteiger partial charge is 0.331 e. The van der Waals surface area contributed by atoms with Crippen molar-refractivity contribution < 1.29 is 14.7 Å². The van der Waals surface area contributed by atoms with Gasteiger partial charge in [0.15, 0.2) is 6.04 Å². The molecule has 3 rings (SSSR count). The molecule has 2 aromatic carbocycles. The van der Waals surface area contributed by atoms with E-state index in [0.717, 1.165) is 22.9 Å². The molecular formula is C21H17NO3S2. The summed E-state index contributed by atoms with van der Waals surface area (Å²) < 4.78 is 0.245. The molecule has 0 spiro atoms. The monoisotopic (exact) mass is 395 g/mol. The predicted octanol–water partition coefficient (Wildman–Crippen LogP) is 4.66. The fourth-order valence-electron chi connectivity index (χ4n) is 2.80. The highest BCUT2D eigenvalue weighted by atomic mass is 32.2. The van der Waals surface area contributed by atoms with Gasteiger partial charge in [0.2, 0.25) is 0 Å². The van der Waals surface area contributed by atoms with Crippen molar-refractivity contribution in [1.29, 1.82) is 0 Å². The standard InChI is InChI=1S/C21H17NO3S2/c1-14(12-15-8-4-2-5-9-15)13-17-19(23)22(21(26)27-17)18(20(24)25)16-10-6-3-7-11-16/h2-13,18H,1H3,(H,24,25)/b14-12+,17-13-/t18-/m1/s1. The summed E-state index contributed by atoms with van der Waals surface area (Å²) >= 11 is 6.44. The molecule has 0 unspecified atom stereocenters. The fraction of sp³-hybridized carbons (Fsp3) is 0.0952. The Hall–Kier alpha value is -2.70. The number of hydrogen-bond donors (Lipinski definition) is 1. The molecule has 0 bridgehead atoms. The third-order valence-electron chi connectivity index (χ3n) is 3.98. The summed E-state index contributed by atoms with van der Waals surface area (Å²) in [5.41, 5.74) is 2.42. The van der Waals surface area contributed by atoms with Gasteiger partial charge < -0.3 is 5.11 Å². The van der Waals surface area contributed by atoms with Crippen LogP contribution in [-0.4, -0.2) is 26.2 Å². The summed E-state index contributed by atoms with van der Waals surface area (Å²) in [6.45, 7) is 1.89. The number of allylic oxidation sites excluding steroid dienone is 2. The average Bonchev–Trinajstić information content (AvgIpc) is 2.91. The first-order valence-electron chi connectivity index (χ1n) is 8.25. The Morgan fingerprint density at radius 2 is 1.70 bits per heavy atom. The number of rotatable bonds is 5. The van der Waals surface area contributed by atoms with Crippen molar-refractivity contribution in [2.24, 2.45) is 0 Å². The number of thioether (sulfide) groups is 1. The van der Waals surface area contributed by atoms with Gasteiger partial charge in [-0.3, -0.25) is 9.69 Å². The van der Waals surface area contributed by atoms with Crippen molar-refractivity contribution in [3.63, 3.8) is 0 Å². The minimum Gasteiger partial charge on any atom is -0.479 e. The first-order chi connectivity index (χ1) is 13.0. The lowest BCUT2D eigenvalue weighted by atomic mass is 10.1. The molecule has 0 radical (unpaired) electrons. The van der Waals surface area contributed by atoms with Crippen LogP contribution in [0.25, 0.3) is 6.08 Å². The predicted molar refractivity (Wildman–Crippen MR) is 112 cm³/mol. The van der Waals surface area contributed by atoms with E-state index < -0.39 is 12.0 Å². The number of carbonyl (C=O) groups is 2. The normalized spacial score (nSPS) is 17.4. The Kier molecular flexibility index (Phi) is 5.88. The highest BCUT2D eigenvalue weighted by Gasteiger charge is 2.41. The van der Waals surface area contributed by atoms with Crippen LogP contribution in [0, 0.1) is 0 Å². The molecule has 1 fully saturated rings. The van der Waals surface area contributed by atoms with Crippen molar-refractivity contribution in [3.05, 3.63) is 88.3 Å². The molecule has 1 N–H and O–H groups in total. The Bertz CT molecular complexity index is 936. The molecule has 1 amide bonds. The van der Waals surface area contributed by atoms with Crippen LogP contribution in [0.3, 0.4) is 0 Å². The van der Waals surface area contributed by atoms with Gasteiger partial charge in [-0.2, -0.15) is 0 Å². The Morgan fingerprint density at radius 3 is 2.30 bits per heavy atom. The molecule has 0 aliphatic carbocycles. The highest BCUT2D eigenvalue weighted by Crippen LogP contribution is 2.38. The summed E-state index contributed by atoms with van der Waals surface area (Å²) in [4.78, 5) is 26.3. The lowest BCUT2D eigenvalue weighted by Crippen LogP contribution is -2.37. The van der Waals surface area contributed by atoms with Crippen LogP contribution in [0.4, 0.5) is 0 Å². The number of hydrogen-bond acceptors (Lipinski definition) is 4. The average molecular weight is 396 g/mol. The molecule has 0 aromatic heterocycles. The summed E-state index contributed by atoms with van der Waals surface area (Å²) in [5, 5.41) is 9.69. The van der Waals surface area contributed by atoms with Crippen molar-refractivity contribution in [3.8, 4) is 0 Å².